The second kappa shape index (κ2) is 9.27. The number of hydrogen-bond donors (Lipinski definition) is 1. The van der Waals surface area contributed by atoms with Crippen LogP contribution in [0.15, 0.2) is 49.9 Å². The number of likely N-dealkylation sites (N-methyl/N-ethyl adjacent to an activating group) is 1. The molecule has 11 heteroatoms. The third-order valence-corrected chi connectivity index (χ3v) is 8.89. The van der Waals surface area contributed by atoms with E-state index in [0.717, 1.165) is 10.0 Å². The third-order valence-electron chi connectivity index (χ3n) is 6.01. The predicted octanol–water partition coefficient (Wildman–Crippen LogP) is 3.95. The highest BCUT2D eigenvalue weighted by atomic mass is 79.9. The van der Waals surface area contributed by atoms with E-state index >= 15 is 4.39 Å². The lowest BCUT2D eigenvalue weighted by molar-refractivity contribution is 0.355. The standard InChI is InChI=1S/C23H28BrFN6O2S/c1-7-14-10-15(24)12-28-19(14)20(27-5)29-16-8-9-18(25)17(11-16)23(4)13-31(6)34(32,33)22(2,3)21(26)30-23/h8-12H,5,7,13H2,1-4,6H3,(H2,26,30). The van der Waals surface area contributed by atoms with Crippen LogP contribution in [-0.4, -0.2) is 54.4 Å². The van der Waals surface area contributed by atoms with Gasteiger partial charge in [0, 0.05) is 29.8 Å². The lowest BCUT2D eigenvalue weighted by atomic mass is 9.91. The van der Waals surface area contributed by atoms with Gasteiger partial charge >= 0.3 is 0 Å². The number of nitrogens with two attached hydrogens (primary N) is 1. The van der Waals surface area contributed by atoms with Crippen LogP contribution in [0.5, 0.6) is 0 Å². The van der Waals surface area contributed by atoms with Gasteiger partial charge in [-0.05, 0) is 79.7 Å². The Morgan fingerprint density at radius 1 is 1.32 bits per heavy atom. The smallest absolute Gasteiger partial charge is 0.226 e. The average Bonchev–Trinajstić information content (AvgIpc) is 2.81. The molecule has 34 heavy (non-hydrogen) atoms. The van der Waals surface area contributed by atoms with E-state index in [-0.39, 0.29) is 23.8 Å². The Bertz CT molecular complexity index is 1310. The lowest BCUT2D eigenvalue weighted by Crippen LogP contribution is -2.50. The first-order chi connectivity index (χ1) is 15.8. The van der Waals surface area contributed by atoms with Gasteiger partial charge in [0.25, 0.3) is 0 Å². The van der Waals surface area contributed by atoms with Crippen molar-refractivity contribution in [1.29, 1.82) is 0 Å². The van der Waals surface area contributed by atoms with Crippen LogP contribution in [-0.2, 0) is 22.0 Å². The number of sulfonamides is 1. The SMILES string of the molecule is C=NC(=Nc1ccc(F)c(C2(C)CN(C)S(=O)(=O)C(C)(C)C(N)=N2)c1)c1ncc(Br)cc1CC. The summed E-state index contributed by atoms with van der Waals surface area (Å²) in [5.74, 6) is -0.350. The van der Waals surface area contributed by atoms with Gasteiger partial charge in [0.05, 0.1) is 5.69 Å². The van der Waals surface area contributed by atoms with Crippen LogP contribution < -0.4 is 5.73 Å². The number of aryl methyl sites for hydroxylation is 1. The number of nitrogens with zero attached hydrogens (tertiary/aromatic N) is 5. The Balaban J connectivity index is 2.16. The Hall–Kier alpha value is -2.50. The minimum Gasteiger partial charge on any atom is -0.386 e. The molecular formula is C23H28BrFN6O2S. The molecule has 0 spiro atoms. The summed E-state index contributed by atoms with van der Waals surface area (Å²) in [6.45, 7) is 10.1. The lowest BCUT2D eigenvalue weighted by Gasteiger charge is -2.29. The van der Waals surface area contributed by atoms with Crippen molar-refractivity contribution >= 4 is 50.0 Å². The summed E-state index contributed by atoms with van der Waals surface area (Å²) in [6, 6.07) is 6.24. The molecule has 0 amide bonds. The van der Waals surface area contributed by atoms with Gasteiger partial charge in [-0.25, -0.2) is 27.1 Å². The van der Waals surface area contributed by atoms with Crippen LogP contribution >= 0.6 is 15.9 Å². The van der Waals surface area contributed by atoms with Crippen molar-refractivity contribution in [3.63, 3.8) is 0 Å². The second-order valence-electron chi connectivity index (χ2n) is 8.81. The van der Waals surface area contributed by atoms with Crippen molar-refractivity contribution in [2.45, 2.75) is 44.4 Å². The van der Waals surface area contributed by atoms with E-state index in [0.29, 0.717) is 17.8 Å². The van der Waals surface area contributed by atoms with Crippen molar-refractivity contribution in [1.82, 2.24) is 9.29 Å². The van der Waals surface area contributed by atoms with E-state index in [9.17, 15) is 8.42 Å². The zero-order chi connectivity index (χ0) is 25.5. The van der Waals surface area contributed by atoms with Gasteiger partial charge in [-0.1, -0.05) is 6.92 Å². The maximum Gasteiger partial charge on any atom is 0.226 e. The highest BCUT2D eigenvalue weighted by molar-refractivity contribution is 9.10. The van der Waals surface area contributed by atoms with Crippen LogP contribution in [0.3, 0.4) is 0 Å². The molecule has 0 radical (unpaired) electrons. The van der Waals surface area contributed by atoms with Crippen LogP contribution in [0.4, 0.5) is 10.1 Å². The molecule has 2 N–H and O–H groups in total. The number of rotatable bonds is 4. The number of benzene rings is 1. The zero-order valence-corrected chi connectivity index (χ0v) is 22.2. The summed E-state index contributed by atoms with van der Waals surface area (Å²) in [5.41, 5.74) is 6.91. The number of aromatic nitrogens is 1. The second-order valence-corrected chi connectivity index (χ2v) is 12.3. The third kappa shape index (κ3) is 4.56. The van der Waals surface area contributed by atoms with Gasteiger partial charge in [-0.15, -0.1) is 0 Å². The molecule has 182 valence electrons. The average molecular weight is 551 g/mol. The van der Waals surface area contributed by atoms with E-state index in [1.54, 1.807) is 13.1 Å². The fourth-order valence-corrected chi connectivity index (χ4v) is 5.74. The van der Waals surface area contributed by atoms with Crippen molar-refractivity contribution in [2.75, 3.05) is 13.6 Å². The number of pyridine rings is 1. The first-order valence-corrected chi connectivity index (χ1v) is 12.8. The maximum atomic E-state index is 15.1. The molecule has 1 aromatic heterocycles. The Kier molecular flexibility index (Phi) is 7.12. The van der Waals surface area contributed by atoms with Gasteiger partial charge in [0.15, 0.2) is 5.84 Å². The molecule has 0 fully saturated rings. The number of aliphatic imine (C=N–C) groups is 3. The van der Waals surface area contributed by atoms with Crippen LogP contribution in [0, 0.1) is 5.82 Å². The molecule has 0 saturated heterocycles. The van der Waals surface area contributed by atoms with Gasteiger partial charge < -0.3 is 5.73 Å². The normalized spacial score (nSPS) is 22.7. The zero-order valence-electron chi connectivity index (χ0n) is 19.8. The largest absolute Gasteiger partial charge is 0.386 e. The van der Waals surface area contributed by atoms with E-state index in [2.05, 4.69) is 42.6 Å². The topological polar surface area (TPSA) is 113 Å². The van der Waals surface area contributed by atoms with Crippen LogP contribution in [0.1, 0.15) is 44.5 Å². The Labute approximate surface area is 208 Å². The molecule has 1 unspecified atom stereocenters. The summed E-state index contributed by atoms with van der Waals surface area (Å²) in [5, 5.41) is 0. The van der Waals surface area contributed by atoms with Gasteiger partial charge in [0.2, 0.25) is 10.0 Å². The summed E-state index contributed by atoms with van der Waals surface area (Å²) in [6.07, 6.45) is 2.35. The molecule has 3 rings (SSSR count). The number of amidine groups is 2. The number of halogens is 2. The molecule has 0 aliphatic carbocycles. The molecular weight excluding hydrogens is 523 g/mol. The van der Waals surface area contributed by atoms with Crippen LogP contribution in [0.2, 0.25) is 0 Å². The van der Waals surface area contributed by atoms with Gasteiger partial charge in [0.1, 0.15) is 27.6 Å². The van der Waals surface area contributed by atoms with E-state index < -0.39 is 26.1 Å². The molecule has 0 saturated carbocycles. The molecule has 2 heterocycles. The fourth-order valence-electron chi connectivity index (χ4n) is 3.85. The summed E-state index contributed by atoms with van der Waals surface area (Å²) < 4.78 is 41.6. The van der Waals surface area contributed by atoms with Crippen molar-refractivity contribution in [3.05, 3.63) is 57.6 Å². The summed E-state index contributed by atoms with van der Waals surface area (Å²) in [7, 11) is -2.37. The molecule has 1 aliphatic heterocycles. The van der Waals surface area contributed by atoms with E-state index in [1.807, 2.05) is 13.0 Å². The molecule has 1 aliphatic rings. The first kappa shape index (κ1) is 26.1. The Morgan fingerprint density at radius 2 is 2.00 bits per heavy atom. The minimum absolute atomic E-state index is 0.0900. The van der Waals surface area contributed by atoms with E-state index in [4.69, 9.17) is 5.73 Å². The highest BCUT2D eigenvalue weighted by Crippen LogP contribution is 2.37. The molecule has 2 aromatic rings. The maximum absolute atomic E-state index is 15.1. The molecule has 1 aromatic carbocycles. The monoisotopic (exact) mass is 550 g/mol. The number of hydrogen-bond acceptors (Lipinski definition) is 6. The first-order valence-electron chi connectivity index (χ1n) is 10.6. The highest BCUT2D eigenvalue weighted by Gasteiger charge is 2.48. The van der Waals surface area contributed by atoms with Crippen molar-refractivity contribution < 1.29 is 12.8 Å². The molecule has 0 bridgehead atoms. The van der Waals surface area contributed by atoms with E-state index in [1.165, 1.54) is 43.4 Å². The molecule has 1 atom stereocenters. The minimum atomic E-state index is -3.81. The van der Waals surface area contributed by atoms with Gasteiger partial charge in [-0.2, -0.15) is 0 Å². The van der Waals surface area contributed by atoms with Crippen LogP contribution in [0.25, 0.3) is 0 Å². The molecule has 8 nitrogen and oxygen atoms in total. The summed E-state index contributed by atoms with van der Waals surface area (Å²) >= 11 is 3.41. The quantitative estimate of drug-likeness (QED) is 0.458. The van der Waals surface area contributed by atoms with Crippen molar-refractivity contribution in [2.24, 2.45) is 20.7 Å². The fraction of sp³-hybridized carbons (Fsp3) is 0.391. The van der Waals surface area contributed by atoms with Crippen molar-refractivity contribution in [3.8, 4) is 0 Å². The predicted molar refractivity (Wildman–Crippen MR) is 138 cm³/mol. The Morgan fingerprint density at radius 3 is 2.62 bits per heavy atom. The summed E-state index contributed by atoms with van der Waals surface area (Å²) in [4.78, 5) is 17.5. The van der Waals surface area contributed by atoms with Gasteiger partial charge in [-0.3, -0.25) is 9.98 Å².